The number of ether oxygens (including phenoxy) is 1. The molecular formula is C12H12FNO3. The number of ketones is 1. The second-order valence-electron chi connectivity index (χ2n) is 3.71. The normalized spacial score (nSPS) is 14.1. The second-order valence-corrected chi connectivity index (χ2v) is 3.71. The van der Waals surface area contributed by atoms with Crippen LogP contribution in [0.3, 0.4) is 0 Å². The summed E-state index contributed by atoms with van der Waals surface area (Å²) in [6.45, 7) is -0.307. The highest BCUT2D eigenvalue weighted by Gasteiger charge is 2.35. The first-order valence-corrected chi connectivity index (χ1v) is 5.29. The molecule has 0 saturated carbocycles. The molecule has 0 aromatic heterocycles. The Balaban J connectivity index is 2.38. The standard InChI is InChI=1S/C12H12FNO3/c1-17-8-3-4-9-10(7-8)14(6-2-5-13)12(16)11(9)15/h3-4,7H,2,5-6H2,1H3. The summed E-state index contributed by atoms with van der Waals surface area (Å²) < 4.78 is 17.2. The topological polar surface area (TPSA) is 46.6 Å². The maximum atomic E-state index is 12.1. The fourth-order valence-corrected chi connectivity index (χ4v) is 1.84. The summed E-state index contributed by atoms with van der Waals surface area (Å²) in [5.74, 6) is -0.570. The second kappa shape index (κ2) is 4.53. The number of amides is 1. The van der Waals surface area contributed by atoms with Gasteiger partial charge in [0.1, 0.15) is 5.75 Å². The quantitative estimate of drug-likeness (QED) is 0.747. The van der Waals surface area contributed by atoms with E-state index in [1.54, 1.807) is 18.2 Å². The molecule has 0 N–H and O–H groups in total. The van der Waals surface area contributed by atoms with Crippen LogP contribution in [0.25, 0.3) is 0 Å². The van der Waals surface area contributed by atoms with Crippen molar-refractivity contribution in [1.29, 1.82) is 0 Å². The number of benzene rings is 1. The van der Waals surface area contributed by atoms with Crippen LogP contribution in [0.2, 0.25) is 0 Å². The van der Waals surface area contributed by atoms with Crippen molar-refractivity contribution in [3.8, 4) is 5.75 Å². The van der Waals surface area contributed by atoms with Crippen LogP contribution >= 0.6 is 0 Å². The van der Waals surface area contributed by atoms with Gasteiger partial charge in [0, 0.05) is 12.6 Å². The zero-order valence-electron chi connectivity index (χ0n) is 9.40. The number of hydrogen-bond acceptors (Lipinski definition) is 3. The van der Waals surface area contributed by atoms with Crippen molar-refractivity contribution >= 4 is 17.4 Å². The lowest BCUT2D eigenvalue weighted by atomic mass is 10.1. The Morgan fingerprint density at radius 2 is 2.12 bits per heavy atom. The van der Waals surface area contributed by atoms with Crippen molar-refractivity contribution in [2.75, 3.05) is 25.2 Å². The van der Waals surface area contributed by atoms with E-state index < -0.39 is 18.4 Å². The van der Waals surface area contributed by atoms with E-state index in [4.69, 9.17) is 4.74 Å². The van der Waals surface area contributed by atoms with Crippen LogP contribution in [0.5, 0.6) is 5.75 Å². The Morgan fingerprint density at radius 1 is 1.35 bits per heavy atom. The minimum atomic E-state index is -0.596. The van der Waals surface area contributed by atoms with Crippen LogP contribution in [0.1, 0.15) is 16.8 Å². The molecule has 0 spiro atoms. The zero-order chi connectivity index (χ0) is 12.4. The number of fused-ring (bicyclic) bond motifs is 1. The summed E-state index contributed by atoms with van der Waals surface area (Å²) in [6, 6.07) is 4.81. The Morgan fingerprint density at radius 3 is 2.76 bits per heavy atom. The van der Waals surface area contributed by atoms with Gasteiger partial charge in [0.25, 0.3) is 11.7 Å². The van der Waals surface area contributed by atoms with Crippen molar-refractivity contribution < 1.29 is 18.7 Å². The van der Waals surface area contributed by atoms with Gasteiger partial charge in [0.05, 0.1) is 25.0 Å². The van der Waals surface area contributed by atoms with Gasteiger partial charge in [0.2, 0.25) is 0 Å². The Labute approximate surface area is 98.0 Å². The summed E-state index contributed by atoms with van der Waals surface area (Å²) >= 11 is 0. The average molecular weight is 237 g/mol. The number of halogens is 1. The van der Waals surface area contributed by atoms with E-state index in [2.05, 4.69) is 0 Å². The molecule has 0 aliphatic carbocycles. The number of Topliss-reactive ketones (excluding diaryl/α,β-unsaturated/α-hetero) is 1. The van der Waals surface area contributed by atoms with Gasteiger partial charge in [-0.15, -0.1) is 0 Å². The lowest BCUT2D eigenvalue weighted by Crippen LogP contribution is -2.30. The Bertz CT molecular complexity index is 473. The molecular weight excluding hydrogens is 225 g/mol. The highest BCUT2D eigenvalue weighted by Crippen LogP contribution is 2.32. The van der Waals surface area contributed by atoms with Gasteiger partial charge in [-0.3, -0.25) is 14.0 Å². The molecule has 4 nitrogen and oxygen atoms in total. The van der Waals surface area contributed by atoms with Crippen molar-refractivity contribution in [3.05, 3.63) is 23.8 Å². The van der Waals surface area contributed by atoms with Crippen LogP contribution in [-0.4, -0.2) is 32.0 Å². The first-order valence-electron chi connectivity index (χ1n) is 5.29. The Kier molecular flexibility index (Phi) is 3.08. The number of nitrogens with zero attached hydrogens (tertiary/aromatic N) is 1. The van der Waals surface area contributed by atoms with Crippen molar-refractivity contribution in [1.82, 2.24) is 0 Å². The third-order valence-corrected chi connectivity index (χ3v) is 2.70. The number of anilines is 1. The SMILES string of the molecule is COc1ccc2c(c1)N(CCCF)C(=O)C2=O. The molecule has 0 saturated heterocycles. The molecule has 17 heavy (non-hydrogen) atoms. The van der Waals surface area contributed by atoms with E-state index in [1.165, 1.54) is 12.0 Å². The summed E-state index contributed by atoms with van der Waals surface area (Å²) in [5, 5.41) is 0. The maximum Gasteiger partial charge on any atom is 0.299 e. The van der Waals surface area contributed by atoms with E-state index in [0.717, 1.165) is 0 Å². The molecule has 0 fully saturated rings. The van der Waals surface area contributed by atoms with Gasteiger partial charge in [0.15, 0.2) is 0 Å². The Hall–Kier alpha value is -1.91. The monoisotopic (exact) mass is 237 g/mol. The third-order valence-electron chi connectivity index (χ3n) is 2.70. The third kappa shape index (κ3) is 1.88. The first kappa shape index (κ1) is 11.6. The molecule has 0 unspecified atom stereocenters. The molecule has 1 heterocycles. The molecule has 2 rings (SSSR count). The maximum absolute atomic E-state index is 12.1. The van der Waals surface area contributed by atoms with Gasteiger partial charge in [-0.1, -0.05) is 0 Å². The van der Waals surface area contributed by atoms with Gasteiger partial charge in [-0.25, -0.2) is 0 Å². The predicted octanol–water partition coefficient (Wildman–Crippen LogP) is 1.58. The fraction of sp³-hybridized carbons (Fsp3) is 0.333. The number of hydrogen-bond donors (Lipinski definition) is 0. The fourth-order valence-electron chi connectivity index (χ4n) is 1.84. The molecule has 0 atom stereocenters. The molecule has 1 amide bonds. The van der Waals surface area contributed by atoms with Crippen LogP contribution in [-0.2, 0) is 4.79 Å². The number of alkyl halides is 1. The highest BCUT2D eigenvalue weighted by atomic mass is 19.1. The predicted molar refractivity (Wildman–Crippen MR) is 60.3 cm³/mol. The molecule has 1 aromatic carbocycles. The van der Waals surface area contributed by atoms with E-state index in [9.17, 15) is 14.0 Å². The lowest BCUT2D eigenvalue weighted by Gasteiger charge is -2.15. The summed E-state index contributed by atoms with van der Waals surface area (Å²) in [5.41, 5.74) is 0.863. The van der Waals surface area contributed by atoms with Crippen molar-refractivity contribution in [2.24, 2.45) is 0 Å². The summed E-state index contributed by atoms with van der Waals surface area (Å²) in [4.78, 5) is 24.6. The molecule has 0 bridgehead atoms. The molecule has 1 aliphatic rings. The van der Waals surface area contributed by atoms with Gasteiger partial charge < -0.3 is 9.64 Å². The average Bonchev–Trinajstić information content (AvgIpc) is 2.59. The van der Waals surface area contributed by atoms with Crippen LogP contribution < -0.4 is 9.64 Å². The molecule has 1 aliphatic heterocycles. The van der Waals surface area contributed by atoms with Crippen LogP contribution in [0.15, 0.2) is 18.2 Å². The van der Waals surface area contributed by atoms with E-state index in [1.807, 2.05) is 0 Å². The molecule has 1 aromatic rings. The molecule has 5 heteroatoms. The number of carbonyl (C=O) groups excluding carboxylic acids is 2. The highest BCUT2D eigenvalue weighted by molar-refractivity contribution is 6.52. The van der Waals surface area contributed by atoms with Gasteiger partial charge >= 0.3 is 0 Å². The van der Waals surface area contributed by atoms with Crippen molar-refractivity contribution in [2.45, 2.75) is 6.42 Å². The first-order chi connectivity index (χ1) is 8.19. The molecule has 0 radical (unpaired) electrons. The van der Waals surface area contributed by atoms with E-state index in [-0.39, 0.29) is 13.0 Å². The smallest absolute Gasteiger partial charge is 0.299 e. The zero-order valence-corrected chi connectivity index (χ0v) is 9.40. The molecule has 90 valence electrons. The van der Waals surface area contributed by atoms with Crippen LogP contribution in [0.4, 0.5) is 10.1 Å². The minimum Gasteiger partial charge on any atom is -0.497 e. The minimum absolute atomic E-state index is 0.210. The summed E-state index contributed by atoms with van der Waals surface area (Å²) in [7, 11) is 1.51. The van der Waals surface area contributed by atoms with Crippen molar-refractivity contribution in [3.63, 3.8) is 0 Å². The van der Waals surface area contributed by atoms with Gasteiger partial charge in [-0.2, -0.15) is 0 Å². The number of rotatable bonds is 4. The van der Waals surface area contributed by atoms with Crippen LogP contribution in [0, 0.1) is 0 Å². The van der Waals surface area contributed by atoms with Gasteiger partial charge in [-0.05, 0) is 18.6 Å². The van der Waals surface area contributed by atoms with E-state index >= 15 is 0 Å². The number of carbonyl (C=O) groups is 2. The van der Waals surface area contributed by atoms with E-state index in [0.29, 0.717) is 17.0 Å². The largest absolute Gasteiger partial charge is 0.497 e. The number of methoxy groups -OCH3 is 1. The lowest BCUT2D eigenvalue weighted by molar-refractivity contribution is -0.114. The summed E-state index contributed by atoms with van der Waals surface area (Å²) in [6.07, 6.45) is 0.218.